The van der Waals surface area contributed by atoms with E-state index in [1.807, 2.05) is 0 Å². The van der Waals surface area contributed by atoms with Gasteiger partial charge >= 0.3 is 0 Å². The molecule has 2 rings (SSSR count). The molecule has 0 saturated carbocycles. The second-order valence-electron chi connectivity index (χ2n) is 3.77. The first kappa shape index (κ1) is 14.7. The van der Waals surface area contributed by atoms with Crippen molar-refractivity contribution < 1.29 is 0 Å². The molecule has 0 radical (unpaired) electrons. The predicted octanol–water partition coefficient (Wildman–Crippen LogP) is 1.80. The Hall–Kier alpha value is -0.370. The Labute approximate surface area is 123 Å². The lowest BCUT2D eigenvalue weighted by Gasteiger charge is -2.15. The summed E-state index contributed by atoms with van der Waals surface area (Å²) in [6, 6.07) is 0. The minimum absolute atomic E-state index is 0. The Morgan fingerprint density at radius 2 is 2.41 bits per heavy atom. The van der Waals surface area contributed by atoms with Crippen molar-refractivity contribution in [3.05, 3.63) is 16.1 Å². The van der Waals surface area contributed by atoms with E-state index in [1.54, 1.807) is 11.3 Å². The summed E-state index contributed by atoms with van der Waals surface area (Å²) in [5.41, 5.74) is 1.19. The zero-order valence-corrected chi connectivity index (χ0v) is 13.2. The van der Waals surface area contributed by atoms with E-state index in [2.05, 4.69) is 32.9 Å². The Bertz CT molecular complexity index is 364. The molecule has 2 N–H and O–H groups in total. The number of thiazole rings is 1. The van der Waals surface area contributed by atoms with Gasteiger partial charge in [0.25, 0.3) is 0 Å². The molecule has 0 amide bonds. The van der Waals surface area contributed by atoms with Gasteiger partial charge in [-0.1, -0.05) is 6.92 Å². The summed E-state index contributed by atoms with van der Waals surface area (Å²) < 4.78 is 0. The van der Waals surface area contributed by atoms with Crippen LogP contribution in [0.5, 0.6) is 0 Å². The molecule has 1 aromatic heterocycles. The van der Waals surface area contributed by atoms with Gasteiger partial charge in [-0.25, -0.2) is 4.98 Å². The summed E-state index contributed by atoms with van der Waals surface area (Å²) in [5.74, 6) is 0.942. The Morgan fingerprint density at radius 3 is 3.06 bits per heavy atom. The first-order valence-electron chi connectivity index (χ1n) is 5.84. The lowest BCUT2D eigenvalue weighted by Crippen LogP contribution is -2.41. The number of nitrogens with zero attached hydrogens (tertiary/aromatic N) is 2. The average Bonchev–Trinajstić information content (AvgIpc) is 2.78. The van der Waals surface area contributed by atoms with Crippen LogP contribution in [0.25, 0.3) is 0 Å². The number of rotatable bonds is 4. The first-order valence-corrected chi connectivity index (χ1v) is 6.72. The lowest BCUT2D eigenvalue weighted by molar-refractivity contribution is 0.698. The van der Waals surface area contributed by atoms with Crippen molar-refractivity contribution in [2.45, 2.75) is 26.2 Å². The van der Waals surface area contributed by atoms with Gasteiger partial charge in [0.1, 0.15) is 0 Å². The number of hydrogen-bond donors (Lipinski definition) is 2. The maximum absolute atomic E-state index is 4.53. The van der Waals surface area contributed by atoms with Gasteiger partial charge in [-0.05, 0) is 12.8 Å². The molecular weight excluding hydrogens is 347 g/mol. The number of aryl methyl sites for hydroxylation is 1. The van der Waals surface area contributed by atoms with Gasteiger partial charge in [-0.2, -0.15) is 0 Å². The van der Waals surface area contributed by atoms with Gasteiger partial charge in [0.05, 0.1) is 10.7 Å². The monoisotopic (exact) mass is 366 g/mol. The molecule has 0 saturated heterocycles. The molecule has 0 atom stereocenters. The Kier molecular flexibility index (Phi) is 6.79. The van der Waals surface area contributed by atoms with Gasteiger partial charge in [0.2, 0.25) is 0 Å². The largest absolute Gasteiger partial charge is 0.356 e. The van der Waals surface area contributed by atoms with E-state index in [4.69, 9.17) is 0 Å². The van der Waals surface area contributed by atoms with Gasteiger partial charge in [0, 0.05) is 31.4 Å². The molecule has 0 bridgehead atoms. The normalized spacial score (nSPS) is 14.5. The number of aromatic nitrogens is 1. The zero-order chi connectivity index (χ0) is 11.2. The van der Waals surface area contributed by atoms with Gasteiger partial charge in [-0.3, -0.25) is 4.99 Å². The van der Waals surface area contributed by atoms with Crippen molar-refractivity contribution >= 4 is 41.3 Å². The molecule has 6 heteroatoms. The molecular formula is C11H19IN4S. The summed E-state index contributed by atoms with van der Waals surface area (Å²) in [7, 11) is 0. The van der Waals surface area contributed by atoms with Crippen LogP contribution in [0.1, 0.15) is 24.0 Å². The van der Waals surface area contributed by atoms with Crippen LogP contribution in [0.3, 0.4) is 0 Å². The standard InChI is InChI=1S/C11H18N4S.HI/c1-2-10-15-9(8-16-10)4-7-14-11-12-5-3-6-13-11;/h8H,2-7H2,1H3,(H2,12,13,14);1H. The van der Waals surface area contributed by atoms with Crippen molar-refractivity contribution in [3.8, 4) is 0 Å². The quantitative estimate of drug-likeness (QED) is 0.800. The maximum atomic E-state index is 4.53. The van der Waals surface area contributed by atoms with Crippen LogP contribution >= 0.6 is 35.3 Å². The van der Waals surface area contributed by atoms with Gasteiger partial charge in [0.15, 0.2) is 5.96 Å². The van der Waals surface area contributed by atoms with Crippen LogP contribution in [0.4, 0.5) is 0 Å². The van der Waals surface area contributed by atoms with Crippen LogP contribution in [0.2, 0.25) is 0 Å². The smallest absolute Gasteiger partial charge is 0.191 e. The molecule has 2 heterocycles. The highest BCUT2D eigenvalue weighted by molar-refractivity contribution is 14.0. The van der Waals surface area contributed by atoms with E-state index in [0.29, 0.717) is 0 Å². The molecule has 1 aliphatic rings. The molecule has 0 unspecified atom stereocenters. The first-order chi connectivity index (χ1) is 7.88. The van der Waals surface area contributed by atoms with E-state index in [0.717, 1.165) is 44.9 Å². The summed E-state index contributed by atoms with van der Waals surface area (Å²) in [5, 5.41) is 9.92. The third-order valence-electron chi connectivity index (χ3n) is 2.47. The van der Waals surface area contributed by atoms with E-state index in [1.165, 1.54) is 10.7 Å². The van der Waals surface area contributed by atoms with E-state index in [9.17, 15) is 0 Å². The Balaban J connectivity index is 0.00000144. The third kappa shape index (κ3) is 4.79. The average molecular weight is 366 g/mol. The molecule has 0 spiro atoms. The molecule has 1 aromatic rings. The van der Waals surface area contributed by atoms with Crippen molar-refractivity contribution in [3.63, 3.8) is 0 Å². The maximum Gasteiger partial charge on any atom is 0.191 e. The van der Waals surface area contributed by atoms with Crippen molar-refractivity contribution in [2.75, 3.05) is 19.6 Å². The number of guanidine groups is 1. The van der Waals surface area contributed by atoms with E-state index < -0.39 is 0 Å². The van der Waals surface area contributed by atoms with Crippen molar-refractivity contribution in [2.24, 2.45) is 4.99 Å². The minimum atomic E-state index is 0. The molecule has 4 nitrogen and oxygen atoms in total. The molecule has 17 heavy (non-hydrogen) atoms. The SMILES string of the molecule is CCc1nc(CCNC2=NCCCN2)cs1.I. The summed E-state index contributed by atoms with van der Waals surface area (Å²) in [6.45, 7) is 5.01. The second kappa shape index (κ2) is 7.86. The fraction of sp³-hybridized carbons (Fsp3) is 0.636. The molecule has 0 aromatic carbocycles. The fourth-order valence-electron chi connectivity index (χ4n) is 1.59. The molecule has 0 fully saturated rings. The summed E-state index contributed by atoms with van der Waals surface area (Å²) in [6.07, 6.45) is 3.14. The highest BCUT2D eigenvalue weighted by Gasteiger charge is 2.04. The lowest BCUT2D eigenvalue weighted by atomic mass is 10.3. The number of nitrogens with one attached hydrogen (secondary N) is 2. The summed E-state index contributed by atoms with van der Waals surface area (Å²) >= 11 is 1.75. The second-order valence-corrected chi connectivity index (χ2v) is 4.72. The number of halogens is 1. The van der Waals surface area contributed by atoms with Crippen LogP contribution in [0.15, 0.2) is 10.4 Å². The predicted molar refractivity (Wildman–Crippen MR) is 83.5 cm³/mol. The van der Waals surface area contributed by atoms with Crippen molar-refractivity contribution in [1.82, 2.24) is 15.6 Å². The van der Waals surface area contributed by atoms with Gasteiger partial charge < -0.3 is 10.6 Å². The summed E-state index contributed by atoms with van der Waals surface area (Å²) in [4.78, 5) is 8.89. The highest BCUT2D eigenvalue weighted by Crippen LogP contribution is 2.10. The minimum Gasteiger partial charge on any atom is -0.356 e. The van der Waals surface area contributed by atoms with Gasteiger partial charge in [-0.15, -0.1) is 35.3 Å². The highest BCUT2D eigenvalue weighted by atomic mass is 127. The fourth-order valence-corrected chi connectivity index (χ4v) is 2.37. The molecule has 96 valence electrons. The Morgan fingerprint density at radius 1 is 1.53 bits per heavy atom. The van der Waals surface area contributed by atoms with E-state index in [-0.39, 0.29) is 24.0 Å². The number of aliphatic imine (C=N–C) groups is 1. The topological polar surface area (TPSA) is 49.3 Å². The molecule has 0 aliphatic carbocycles. The van der Waals surface area contributed by atoms with Crippen LogP contribution in [-0.2, 0) is 12.8 Å². The molecule has 1 aliphatic heterocycles. The van der Waals surface area contributed by atoms with E-state index >= 15 is 0 Å². The third-order valence-corrected chi connectivity index (χ3v) is 3.51. The number of hydrogen-bond acceptors (Lipinski definition) is 5. The van der Waals surface area contributed by atoms with Crippen LogP contribution < -0.4 is 10.6 Å². The van der Waals surface area contributed by atoms with Crippen molar-refractivity contribution in [1.29, 1.82) is 0 Å². The van der Waals surface area contributed by atoms with Crippen LogP contribution in [0, 0.1) is 0 Å². The van der Waals surface area contributed by atoms with Crippen LogP contribution in [-0.4, -0.2) is 30.6 Å². The zero-order valence-electron chi connectivity index (χ0n) is 10.0.